The van der Waals surface area contributed by atoms with Crippen molar-refractivity contribution in [3.63, 3.8) is 0 Å². The molecule has 5 heterocycles. The van der Waals surface area contributed by atoms with Crippen LogP contribution in [0.25, 0.3) is 5.57 Å². The monoisotopic (exact) mass is 1400 g/mol. The van der Waals surface area contributed by atoms with Gasteiger partial charge in [-0.15, -0.1) is 0 Å². The lowest BCUT2D eigenvalue weighted by Crippen LogP contribution is -2.53. The Morgan fingerprint density at radius 1 is 0.564 bits per heavy atom. The van der Waals surface area contributed by atoms with Crippen LogP contribution in [0, 0.1) is 11.8 Å². The predicted octanol–water partition coefficient (Wildman–Crippen LogP) is 4.80. The molecule has 0 bridgehead atoms. The Hall–Kier alpha value is -8.94. The average Bonchev–Trinajstić information content (AvgIpc) is 1.65. The first kappa shape index (κ1) is 76.2. The van der Waals surface area contributed by atoms with Crippen molar-refractivity contribution in [2.45, 2.75) is 89.9 Å². The summed E-state index contributed by atoms with van der Waals surface area (Å²) in [6.45, 7) is 12.1. The Morgan fingerprint density at radius 3 is 1.60 bits per heavy atom. The molecule has 29 heteroatoms. The van der Waals surface area contributed by atoms with E-state index in [4.69, 9.17) is 62.1 Å². The van der Waals surface area contributed by atoms with Crippen molar-refractivity contribution in [2.24, 2.45) is 21.8 Å². The minimum atomic E-state index is -0.932. The summed E-state index contributed by atoms with van der Waals surface area (Å²) in [4.78, 5) is 116. The van der Waals surface area contributed by atoms with E-state index in [9.17, 15) is 38.4 Å². The zero-order valence-electron chi connectivity index (χ0n) is 58.1. The van der Waals surface area contributed by atoms with Gasteiger partial charge in [-0.1, -0.05) is 26.0 Å². The summed E-state index contributed by atoms with van der Waals surface area (Å²) in [6.07, 6.45) is 14.0. The summed E-state index contributed by atoms with van der Waals surface area (Å²) in [5.41, 5.74) is 5.35. The number of hydrogen-bond acceptors (Lipinski definition) is 21. The van der Waals surface area contributed by atoms with Crippen LogP contribution in [-0.4, -0.2) is 250 Å². The highest BCUT2D eigenvalue weighted by atomic mass is 16.6. The molecule has 5 aliphatic heterocycles. The largest absolute Gasteiger partial charge is 0.493 e. The fraction of sp³-hybridized carbons (Fsp3) is 0.528. The molecule has 4 atom stereocenters. The van der Waals surface area contributed by atoms with Gasteiger partial charge in [0.15, 0.2) is 36.2 Å². The van der Waals surface area contributed by atoms with Crippen molar-refractivity contribution in [1.82, 2.24) is 30.7 Å². The summed E-state index contributed by atoms with van der Waals surface area (Å²) >= 11 is 0. The number of carbonyl (C=O) groups excluding carboxylic acids is 8. The maximum atomic E-state index is 14.1. The van der Waals surface area contributed by atoms with Crippen LogP contribution in [0.2, 0.25) is 0 Å². The fourth-order valence-corrected chi connectivity index (χ4v) is 11.4. The number of hydrogen-bond donors (Lipinski definition) is 4. The molecule has 0 saturated heterocycles. The molecule has 3 aromatic carbocycles. The summed E-state index contributed by atoms with van der Waals surface area (Å²) in [7, 11) is 3.05. The zero-order valence-corrected chi connectivity index (χ0v) is 58.1. The number of aliphatic hydroxyl groups is 2. The number of methoxy groups -OCH3 is 2. The van der Waals surface area contributed by atoms with Gasteiger partial charge in [0.2, 0.25) is 23.6 Å². The highest BCUT2D eigenvalue weighted by molar-refractivity contribution is 6.13. The van der Waals surface area contributed by atoms with Crippen molar-refractivity contribution in [3.8, 4) is 23.0 Å². The highest BCUT2D eigenvalue weighted by Gasteiger charge is 2.39. The topological polar surface area (TPSA) is 333 Å². The third-order valence-electron chi connectivity index (χ3n) is 17.1. The highest BCUT2D eigenvalue weighted by Crippen LogP contribution is 2.45. The molecule has 9 rings (SSSR count). The van der Waals surface area contributed by atoms with E-state index in [1.165, 1.54) is 44.8 Å². The molecule has 546 valence electrons. The zero-order chi connectivity index (χ0) is 71.5. The third kappa shape index (κ3) is 22.8. The normalized spacial score (nSPS) is 17.2. The maximum absolute atomic E-state index is 14.1. The lowest BCUT2D eigenvalue weighted by Gasteiger charge is -2.23. The second kappa shape index (κ2) is 39.3. The Bertz CT molecular complexity index is 3500. The van der Waals surface area contributed by atoms with Gasteiger partial charge < -0.3 is 87.9 Å². The molecule has 3 aromatic rings. The molecule has 0 radical (unpaired) electrons. The Kier molecular flexibility index (Phi) is 29.7. The molecule has 101 heavy (non-hydrogen) atoms. The SMILES string of the molecule is COc1cc2c(cc1OCCCOc1cc3c(cc1OC)C(=O)N1C=C(C4CC4)C[C@H]1C=N3)N=C[C@@H]1CC(c3ccc(NC(=O)[C@H](C)NC(=O)C(NC(=O)CC[OH+]CCOCCOCCOCCOCCOCCOCCOCCNC(=O)CCN4C(=O)C=CC4=O)C(C)C)cc3)=CN1C2=O. The van der Waals surface area contributed by atoms with Crippen LogP contribution >= 0.6 is 0 Å². The lowest BCUT2D eigenvalue weighted by atomic mass is 10.0. The number of imide groups is 1. The molecule has 8 amide bonds. The number of anilines is 1. The lowest BCUT2D eigenvalue weighted by molar-refractivity contribution is -0.137. The summed E-state index contributed by atoms with van der Waals surface area (Å²) in [6, 6.07) is 11.7. The number of aliphatic imine (C=N–C) groups is 2. The summed E-state index contributed by atoms with van der Waals surface area (Å²) in [5.74, 6) is -0.755. The van der Waals surface area contributed by atoms with Crippen LogP contribution in [-0.2, 0) is 61.9 Å². The Labute approximate surface area is 587 Å². The van der Waals surface area contributed by atoms with Gasteiger partial charge in [-0.05, 0) is 79.0 Å². The van der Waals surface area contributed by atoms with Crippen molar-refractivity contribution >= 4 is 82.3 Å². The molecule has 1 aliphatic carbocycles. The number of ether oxygens (including phenoxy) is 12. The molecule has 5 N–H and O–H groups in total. The van der Waals surface area contributed by atoms with Gasteiger partial charge in [-0.3, -0.25) is 53.2 Å². The van der Waals surface area contributed by atoms with Crippen LogP contribution in [0.1, 0.15) is 92.0 Å². The molecule has 0 aromatic heterocycles. The first-order chi connectivity index (χ1) is 49.1. The van der Waals surface area contributed by atoms with Crippen molar-refractivity contribution in [2.75, 3.05) is 152 Å². The maximum Gasteiger partial charge on any atom is 0.260 e. The van der Waals surface area contributed by atoms with Crippen molar-refractivity contribution in [3.05, 3.63) is 95.3 Å². The molecule has 1 unspecified atom stereocenters. The van der Waals surface area contributed by atoms with E-state index in [-0.39, 0.29) is 80.8 Å². The molecule has 6 aliphatic rings. The van der Waals surface area contributed by atoms with Crippen LogP contribution in [0.4, 0.5) is 17.1 Å². The Balaban J connectivity index is 0.570. The number of nitrogens with zero attached hydrogens (tertiary/aromatic N) is 5. The van der Waals surface area contributed by atoms with Gasteiger partial charge in [0, 0.05) is 87.2 Å². The standard InChI is InChI=1S/C72H93N9O20/c1-47(2)68(78-65(83)16-21-92-23-25-94-27-29-96-31-33-98-35-36-99-34-32-97-30-28-95-26-24-93-22-17-73-64(82)15-18-79-66(84)13-14-67(79)85)70(87)76-48(3)69(86)77-53-11-9-50(10-12-53)52-38-55-44-75-59-42-63(61(91-5)40-57(59)72(89)81(55)46-52)101-20-6-19-100-62-41-58-56(39-60(62)90-4)71(88)80-45-51(49-7-8-49)37-54(80)43-74-58/h9-14,39-49,54-55,68H,6-8,15-38H2,1-5H3,(H,73,82)(H,76,87)(H,77,86)(H,78,83)/p+1/t48-,54-,55-,68?/m0/s1. The quantitative estimate of drug-likeness (QED) is 0.0335. The first-order valence-electron chi connectivity index (χ1n) is 34.4. The third-order valence-corrected chi connectivity index (χ3v) is 17.1. The second-order valence-electron chi connectivity index (χ2n) is 24.8. The molecular formula is C72H94N9O20+. The van der Waals surface area contributed by atoms with E-state index in [1.54, 1.807) is 73.2 Å². The van der Waals surface area contributed by atoms with E-state index >= 15 is 0 Å². The second-order valence-corrected chi connectivity index (χ2v) is 24.8. The molecule has 1 fully saturated rings. The van der Waals surface area contributed by atoms with Crippen molar-refractivity contribution < 1.29 is 95.2 Å². The van der Waals surface area contributed by atoms with Crippen LogP contribution in [0.5, 0.6) is 23.0 Å². The van der Waals surface area contributed by atoms with Gasteiger partial charge in [0.25, 0.3) is 23.6 Å². The van der Waals surface area contributed by atoms with Crippen LogP contribution in [0.15, 0.2) is 88.6 Å². The van der Waals surface area contributed by atoms with Gasteiger partial charge >= 0.3 is 0 Å². The number of rotatable bonds is 46. The van der Waals surface area contributed by atoms with Crippen LogP contribution < -0.4 is 40.2 Å². The fourth-order valence-electron chi connectivity index (χ4n) is 11.4. The van der Waals surface area contributed by atoms with E-state index < -0.39 is 35.7 Å². The number of fused-ring (bicyclic) bond motifs is 4. The van der Waals surface area contributed by atoms with Gasteiger partial charge in [-0.25, -0.2) is 0 Å². The van der Waals surface area contributed by atoms with Crippen LogP contribution in [0.3, 0.4) is 0 Å². The van der Waals surface area contributed by atoms with E-state index in [0.29, 0.717) is 176 Å². The van der Waals surface area contributed by atoms with E-state index in [0.717, 1.165) is 22.5 Å². The summed E-state index contributed by atoms with van der Waals surface area (Å²) in [5, 5.41) is 11.1. The van der Waals surface area contributed by atoms with Gasteiger partial charge in [-0.2, -0.15) is 0 Å². The first-order valence-corrected chi connectivity index (χ1v) is 34.4. The molecule has 1 saturated carbocycles. The van der Waals surface area contributed by atoms with E-state index in [1.807, 2.05) is 30.7 Å². The average molecular weight is 1410 g/mol. The predicted molar refractivity (Wildman–Crippen MR) is 371 cm³/mol. The summed E-state index contributed by atoms with van der Waals surface area (Å²) < 4.78 is 66.6. The number of amides is 8. The number of benzene rings is 3. The van der Waals surface area contributed by atoms with Crippen molar-refractivity contribution in [1.29, 1.82) is 0 Å². The van der Waals surface area contributed by atoms with Gasteiger partial charge in [0.05, 0.1) is 154 Å². The molecular weight excluding hydrogens is 1310 g/mol. The smallest absolute Gasteiger partial charge is 0.260 e. The minimum Gasteiger partial charge on any atom is -0.493 e. The number of carbonyl (C=O) groups is 8. The van der Waals surface area contributed by atoms with E-state index in [2.05, 4.69) is 26.0 Å². The molecule has 29 nitrogen and oxygen atoms in total. The van der Waals surface area contributed by atoms with Gasteiger partial charge in [0.1, 0.15) is 18.7 Å². The number of nitrogens with one attached hydrogen (secondary N) is 4. The Morgan fingerprint density at radius 2 is 1.08 bits per heavy atom. The minimum absolute atomic E-state index is 0.0294. The molecule has 0 spiro atoms.